The molecule has 4 nitrogen and oxygen atoms in total. The van der Waals surface area contributed by atoms with Crippen LogP contribution in [-0.2, 0) is 4.74 Å². The molecule has 1 heterocycles. The van der Waals surface area contributed by atoms with Crippen LogP contribution in [0.2, 0.25) is 0 Å². The van der Waals surface area contributed by atoms with E-state index in [0.29, 0.717) is 10.9 Å². The van der Waals surface area contributed by atoms with E-state index in [1.54, 1.807) is 13.0 Å². The zero-order valence-electron chi connectivity index (χ0n) is 12.1. The molecule has 2 aromatic carbocycles. The van der Waals surface area contributed by atoms with E-state index in [1.807, 2.05) is 42.5 Å². The Bertz CT molecular complexity index is 882. The van der Waals surface area contributed by atoms with Crippen LogP contribution in [-0.4, -0.2) is 17.6 Å². The van der Waals surface area contributed by atoms with Gasteiger partial charge in [0.1, 0.15) is 5.56 Å². The number of ether oxygens (including phenoxy) is 1. The second-order valence-electron chi connectivity index (χ2n) is 4.88. The number of carbonyl (C=O) groups excluding carboxylic acids is 1. The molecule has 0 radical (unpaired) electrons. The Morgan fingerprint density at radius 3 is 2.59 bits per heavy atom. The van der Waals surface area contributed by atoms with Crippen LogP contribution in [0.1, 0.15) is 17.3 Å². The number of aromatic amines is 1. The van der Waals surface area contributed by atoms with Crippen molar-refractivity contribution < 1.29 is 9.53 Å². The fraction of sp³-hybridized carbons (Fsp3) is 0.111. The SMILES string of the molecule is CCOC(=O)c1c[nH]c2ccc(-c3ccccc3)cc2c1=O. The van der Waals surface area contributed by atoms with Crippen LogP contribution in [0.25, 0.3) is 22.0 Å². The molecular formula is C18H15NO3. The molecule has 0 atom stereocenters. The van der Waals surface area contributed by atoms with Gasteiger partial charge in [-0.25, -0.2) is 4.79 Å². The van der Waals surface area contributed by atoms with Crippen LogP contribution in [0.3, 0.4) is 0 Å². The Kier molecular flexibility index (Phi) is 3.74. The van der Waals surface area contributed by atoms with Gasteiger partial charge >= 0.3 is 5.97 Å². The normalized spacial score (nSPS) is 10.6. The van der Waals surface area contributed by atoms with Gasteiger partial charge in [0.2, 0.25) is 5.43 Å². The van der Waals surface area contributed by atoms with Crippen molar-refractivity contribution in [2.24, 2.45) is 0 Å². The van der Waals surface area contributed by atoms with E-state index in [1.165, 1.54) is 6.20 Å². The van der Waals surface area contributed by atoms with E-state index in [2.05, 4.69) is 4.98 Å². The molecule has 0 aliphatic carbocycles. The van der Waals surface area contributed by atoms with Gasteiger partial charge in [-0.2, -0.15) is 0 Å². The van der Waals surface area contributed by atoms with Crippen LogP contribution >= 0.6 is 0 Å². The van der Waals surface area contributed by atoms with Gasteiger partial charge in [0, 0.05) is 17.1 Å². The molecule has 0 aliphatic heterocycles. The van der Waals surface area contributed by atoms with Gasteiger partial charge in [-0.3, -0.25) is 4.79 Å². The maximum atomic E-state index is 12.5. The smallest absolute Gasteiger partial charge is 0.343 e. The van der Waals surface area contributed by atoms with Gasteiger partial charge < -0.3 is 9.72 Å². The van der Waals surface area contributed by atoms with Crippen LogP contribution < -0.4 is 5.43 Å². The molecule has 1 N–H and O–H groups in total. The number of nitrogens with one attached hydrogen (secondary N) is 1. The summed E-state index contributed by atoms with van der Waals surface area (Å²) < 4.78 is 4.91. The van der Waals surface area contributed by atoms with Gasteiger partial charge in [0.15, 0.2) is 0 Å². The van der Waals surface area contributed by atoms with Crippen molar-refractivity contribution in [3.8, 4) is 11.1 Å². The Morgan fingerprint density at radius 2 is 1.86 bits per heavy atom. The summed E-state index contributed by atoms with van der Waals surface area (Å²) in [7, 11) is 0. The summed E-state index contributed by atoms with van der Waals surface area (Å²) in [5, 5.41) is 0.479. The predicted molar refractivity (Wildman–Crippen MR) is 86.0 cm³/mol. The molecule has 0 unspecified atom stereocenters. The highest BCUT2D eigenvalue weighted by molar-refractivity contribution is 5.94. The highest BCUT2D eigenvalue weighted by atomic mass is 16.5. The molecule has 0 fully saturated rings. The van der Waals surface area contributed by atoms with E-state index < -0.39 is 5.97 Å². The summed E-state index contributed by atoms with van der Waals surface area (Å²) in [5.41, 5.74) is 2.35. The zero-order valence-corrected chi connectivity index (χ0v) is 12.1. The summed E-state index contributed by atoms with van der Waals surface area (Å²) >= 11 is 0. The van der Waals surface area contributed by atoms with Gasteiger partial charge in [0.25, 0.3) is 0 Å². The van der Waals surface area contributed by atoms with Gasteiger partial charge in [-0.05, 0) is 30.2 Å². The van der Waals surface area contributed by atoms with E-state index in [4.69, 9.17) is 4.74 Å². The van der Waals surface area contributed by atoms with Crippen molar-refractivity contribution in [1.29, 1.82) is 0 Å². The summed E-state index contributed by atoms with van der Waals surface area (Å²) in [6.45, 7) is 1.95. The largest absolute Gasteiger partial charge is 0.462 e. The maximum Gasteiger partial charge on any atom is 0.343 e. The molecule has 0 bridgehead atoms. The lowest BCUT2D eigenvalue weighted by atomic mass is 10.0. The van der Waals surface area contributed by atoms with Gasteiger partial charge in [-0.15, -0.1) is 0 Å². The minimum atomic E-state index is -0.601. The second-order valence-corrected chi connectivity index (χ2v) is 4.88. The third kappa shape index (κ3) is 2.51. The average molecular weight is 293 g/mol. The first-order valence-corrected chi connectivity index (χ1v) is 7.08. The van der Waals surface area contributed by atoms with Crippen molar-refractivity contribution in [1.82, 2.24) is 4.98 Å². The summed E-state index contributed by atoms with van der Waals surface area (Å²) in [5.74, 6) is -0.601. The van der Waals surface area contributed by atoms with Crippen molar-refractivity contribution in [3.63, 3.8) is 0 Å². The summed E-state index contributed by atoms with van der Waals surface area (Å²) in [6, 6.07) is 15.4. The second kappa shape index (κ2) is 5.85. The van der Waals surface area contributed by atoms with E-state index >= 15 is 0 Å². The zero-order chi connectivity index (χ0) is 15.5. The first-order valence-electron chi connectivity index (χ1n) is 7.08. The lowest BCUT2D eigenvalue weighted by Crippen LogP contribution is -2.18. The highest BCUT2D eigenvalue weighted by Gasteiger charge is 2.14. The third-order valence-corrected chi connectivity index (χ3v) is 3.48. The quantitative estimate of drug-likeness (QED) is 0.753. The van der Waals surface area contributed by atoms with E-state index in [-0.39, 0.29) is 17.6 Å². The van der Waals surface area contributed by atoms with Crippen LogP contribution in [0.15, 0.2) is 59.5 Å². The van der Waals surface area contributed by atoms with Gasteiger partial charge in [0.05, 0.1) is 6.61 Å². The number of fused-ring (bicyclic) bond motifs is 1. The molecule has 0 aliphatic rings. The third-order valence-electron chi connectivity index (χ3n) is 3.48. The Morgan fingerprint density at radius 1 is 1.09 bits per heavy atom. The summed E-state index contributed by atoms with van der Waals surface area (Å²) in [4.78, 5) is 27.3. The van der Waals surface area contributed by atoms with Crippen molar-refractivity contribution in [2.45, 2.75) is 6.92 Å². The lowest BCUT2D eigenvalue weighted by molar-refractivity contribution is 0.0524. The van der Waals surface area contributed by atoms with Gasteiger partial charge in [-0.1, -0.05) is 36.4 Å². The topological polar surface area (TPSA) is 59.2 Å². The van der Waals surface area contributed by atoms with Crippen molar-refractivity contribution in [3.05, 3.63) is 70.5 Å². The number of esters is 1. The Hall–Kier alpha value is -2.88. The van der Waals surface area contributed by atoms with Crippen LogP contribution in [0.5, 0.6) is 0 Å². The fourth-order valence-electron chi connectivity index (χ4n) is 2.39. The van der Waals surface area contributed by atoms with Crippen molar-refractivity contribution in [2.75, 3.05) is 6.61 Å². The number of pyridine rings is 1. The number of aromatic nitrogens is 1. The standard InChI is InChI=1S/C18H15NO3/c1-2-22-18(21)15-11-19-16-9-8-13(10-14(16)17(15)20)12-6-4-3-5-7-12/h3-11H,2H2,1H3,(H,19,20). The van der Waals surface area contributed by atoms with E-state index in [9.17, 15) is 9.59 Å². The first kappa shape index (κ1) is 14.1. The Labute approximate surface area is 127 Å². The average Bonchev–Trinajstić information content (AvgIpc) is 2.56. The first-order chi connectivity index (χ1) is 10.7. The fourth-order valence-corrected chi connectivity index (χ4v) is 2.39. The molecule has 3 rings (SSSR count). The number of H-pyrrole nitrogens is 1. The highest BCUT2D eigenvalue weighted by Crippen LogP contribution is 2.22. The minimum Gasteiger partial charge on any atom is -0.462 e. The van der Waals surface area contributed by atoms with Crippen LogP contribution in [0, 0.1) is 0 Å². The molecule has 110 valence electrons. The predicted octanol–water partition coefficient (Wildman–Crippen LogP) is 3.37. The number of benzene rings is 2. The molecule has 1 aromatic heterocycles. The molecule has 22 heavy (non-hydrogen) atoms. The number of carbonyl (C=O) groups is 1. The molecule has 3 aromatic rings. The molecule has 4 heteroatoms. The molecule has 0 amide bonds. The van der Waals surface area contributed by atoms with Crippen LogP contribution in [0.4, 0.5) is 0 Å². The monoisotopic (exact) mass is 293 g/mol. The number of hydrogen-bond acceptors (Lipinski definition) is 3. The van der Waals surface area contributed by atoms with E-state index in [0.717, 1.165) is 11.1 Å². The maximum absolute atomic E-state index is 12.5. The number of hydrogen-bond donors (Lipinski definition) is 1. The Balaban J connectivity index is 2.16. The minimum absolute atomic E-state index is 0.0274. The summed E-state index contributed by atoms with van der Waals surface area (Å²) in [6.07, 6.45) is 1.41. The molecular weight excluding hydrogens is 278 g/mol. The molecule has 0 spiro atoms. The molecule has 0 saturated heterocycles. The lowest BCUT2D eigenvalue weighted by Gasteiger charge is -2.06. The van der Waals surface area contributed by atoms with Crippen molar-refractivity contribution >= 4 is 16.9 Å². The molecule has 0 saturated carbocycles. The number of rotatable bonds is 3.